The van der Waals surface area contributed by atoms with Gasteiger partial charge in [0.2, 0.25) is 5.91 Å². The Morgan fingerprint density at radius 2 is 2.08 bits per heavy atom. The summed E-state index contributed by atoms with van der Waals surface area (Å²) in [6, 6.07) is 15.9. The molecule has 0 radical (unpaired) electrons. The summed E-state index contributed by atoms with van der Waals surface area (Å²) in [4.78, 5) is 12.0. The maximum absolute atomic E-state index is 12.0. The highest BCUT2D eigenvalue weighted by molar-refractivity contribution is 5.78. The Bertz CT molecular complexity index is 685. The Balaban J connectivity index is 1.52. The van der Waals surface area contributed by atoms with Crippen LogP contribution >= 0.6 is 0 Å². The van der Waals surface area contributed by atoms with Crippen LogP contribution in [0.1, 0.15) is 29.2 Å². The summed E-state index contributed by atoms with van der Waals surface area (Å²) in [5, 5.41) is 2.99. The molecule has 1 heterocycles. The predicted octanol–water partition coefficient (Wildman–Crippen LogP) is 3.06. The van der Waals surface area contributed by atoms with Gasteiger partial charge in [0.1, 0.15) is 5.75 Å². The molecular weight excluding hydrogens is 302 g/mol. The van der Waals surface area contributed by atoms with E-state index in [1.165, 1.54) is 11.1 Å². The Kier molecular flexibility index (Phi) is 5.49. The van der Waals surface area contributed by atoms with Crippen LogP contribution in [0.4, 0.5) is 0 Å². The van der Waals surface area contributed by atoms with Gasteiger partial charge in [-0.05, 0) is 41.7 Å². The Hall–Kier alpha value is -2.33. The fourth-order valence-electron chi connectivity index (χ4n) is 3.07. The van der Waals surface area contributed by atoms with Gasteiger partial charge in [-0.3, -0.25) is 4.79 Å². The SMILES string of the molecule is COc1ccc2c(c1)CCOC2CCNC(=O)Cc1ccccc1. The molecule has 126 valence electrons. The summed E-state index contributed by atoms with van der Waals surface area (Å²) in [5.41, 5.74) is 3.52. The number of rotatable bonds is 6. The van der Waals surface area contributed by atoms with Crippen LogP contribution in [-0.4, -0.2) is 26.2 Å². The second-order valence-corrected chi connectivity index (χ2v) is 5.98. The molecule has 0 spiro atoms. The first kappa shape index (κ1) is 16.5. The van der Waals surface area contributed by atoms with Crippen LogP contribution in [0.3, 0.4) is 0 Å². The minimum absolute atomic E-state index is 0.0386. The van der Waals surface area contributed by atoms with Crippen LogP contribution in [0, 0.1) is 0 Å². The molecule has 1 N–H and O–H groups in total. The largest absolute Gasteiger partial charge is 0.497 e. The first-order valence-corrected chi connectivity index (χ1v) is 8.35. The van der Waals surface area contributed by atoms with Gasteiger partial charge in [0.25, 0.3) is 0 Å². The molecular formula is C20H23NO3. The molecule has 1 aliphatic heterocycles. The van der Waals surface area contributed by atoms with E-state index in [9.17, 15) is 4.79 Å². The molecule has 0 bridgehead atoms. The van der Waals surface area contributed by atoms with Gasteiger partial charge in [-0.2, -0.15) is 0 Å². The minimum Gasteiger partial charge on any atom is -0.497 e. The second kappa shape index (κ2) is 7.97. The molecule has 0 saturated heterocycles. The summed E-state index contributed by atoms with van der Waals surface area (Å²) in [5.74, 6) is 0.928. The van der Waals surface area contributed by atoms with Gasteiger partial charge in [-0.1, -0.05) is 36.4 Å². The maximum Gasteiger partial charge on any atom is 0.224 e. The average Bonchev–Trinajstić information content (AvgIpc) is 2.62. The molecule has 4 nitrogen and oxygen atoms in total. The smallest absolute Gasteiger partial charge is 0.224 e. The van der Waals surface area contributed by atoms with E-state index in [1.54, 1.807) is 7.11 Å². The molecule has 1 aliphatic rings. The number of ether oxygens (including phenoxy) is 2. The number of methoxy groups -OCH3 is 1. The van der Waals surface area contributed by atoms with Crippen molar-refractivity contribution in [1.29, 1.82) is 0 Å². The zero-order chi connectivity index (χ0) is 16.8. The number of hydrogen-bond donors (Lipinski definition) is 1. The molecule has 0 saturated carbocycles. The number of hydrogen-bond acceptors (Lipinski definition) is 3. The van der Waals surface area contributed by atoms with Crippen molar-refractivity contribution in [1.82, 2.24) is 5.32 Å². The maximum atomic E-state index is 12.0. The third kappa shape index (κ3) is 4.15. The lowest BCUT2D eigenvalue weighted by Gasteiger charge is -2.26. The molecule has 1 atom stereocenters. The second-order valence-electron chi connectivity index (χ2n) is 5.98. The monoisotopic (exact) mass is 325 g/mol. The number of carbonyl (C=O) groups excluding carboxylic acids is 1. The van der Waals surface area contributed by atoms with E-state index in [0.717, 1.165) is 24.2 Å². The zero-order valence-corrected chi connectivity index (χ0v) is 14.0. The van der Waals surface area contributed by atoms with Gasteiger partial charge in [0, 0.05) is 6.54 Å². The van der Waals surface area contributed by atoms with Gasteiger partial charge in [0.05, 0.1) is 26.2 Å². The van der Waals surface area contributed by atoms with E-state index in [4.69, 9.17) is 9.47 Å². The van der Waals surface area contributed by atoms with Crippen LogP contribution in [0.15, 0.2) is 48.5 Å². The number of amides is 1. The fourth-order valence-corrected chi connectivity index (χ4v) is 3.07. The van der Waals surface area contributed by atoms with Crippen molar-refractivity contribution in [3.63, 3.8) is 0 Å². The Morgan fingerprint density at radius 3 is 2.88 bits per heavy atom. The lowest BCUT2D eigenvalue weighted by atomic mass is 9.95. The summed E-state index contributed by atoms with van der Waals surface area (Å²) >= 11 is 0. The van der Waals surface area contributed by atoms with Crippen molar-refractivity contribution < 1.29 is 14.3 Å². The van der Waals surface area contributed by atoms with Crippen molar-refractivity contribution in [3.05, 3.63) is 65.2 Å². The average molecular weight is 325 g/mol. The van der Waals surface area contributed by atoms with Gasteiger partial charge >= 0.3 is 0 Å². The summed E-state index contributed by atoms with van der Waals surface area (Å²) < 4.78 is 11.2. The number of carbonyl (C=O) groups is 1. The quantitative estimate of drug-likeness (QED) is 0.888. The van der Waals surface area contributed by atoms with Crippen molar-refractivity contribution in [2.45, 2.75) is 25.4 Å². The third-order valence-electron chi connectivity index (χ3n) is 4.32. The number of benzene rings is 2. The molecule has 0 aromatic heterocycles. The van der Waals surface area contributed by atoms with Crippen molar-refractivity contribution in [2.24, 2.45) is 0 Å². The molecule has 1 unspecified atom stereocenters. The van der Waals surface area contributed by atoms with Gasteiger partial charge in [0.15, 0.2) is 0 Å². The molecule has 1 amide bonds. The third-order valence-corrected chi connectivity index (χ3v) is 4.32. The lowest BCUT2D eigenvalue weighted by Crippen LogP contribution is -2.28. The molecule has 3 rings (SSSR count). The zero-order valence-electron chi connectivity index (χ0n) is 14.0. The normalized spacial score (nSPS) is 16.3. The van der Waals surface area contributed by atoms with Crippen molar-refractivity contribution in [2.75, 3.05) is 20.3 Å². The molecule has 2 aromatic rings. The van der Waals surface area contributed by atoms with Crippen LogP contribution in [0.2, 0.25) is 0 Å². The standard InChI is InChI=1S/C20H23NO3/c1-23-17-7-8-18-16(14-17)10-12-24-19(18)9-11-21-20(22)13-15-5-3-2-4-6-15/h2-8,14,19H,9-13H2,1H3,(H,21,22). The van der Waals surface area contributed by atoms with E-state index in [1.807, 2.05) is 36.4 Å². The first-order valence-electron chi connectivity index (χ1n) is 8.35. The fraction of sp³-hybridized carbons (Fsp3) is 0.350. The van der Waals surface area contributed by atoms with E-state index in [-0.39, 0.29) is 12.0 Å². The number of nitrogens with one attached hydrogen (secondary N) is 1. The molecule has 2 aromatic carbocycles. The van der Waals surface area contributed by atoms with Crippen molar-refractivity contribution in [3.8, 4) is 5.75 Å². The Morgan fingerprint density at radius 1 is 1.25 bits per heavy atom. The molecule has 0 fully saturated rings. The summed E-state index contributed by atoms with van der Waals surface area (Å²) in [6.45, 7) is 1.32. The molecule has 24 heavy (non-hydrogen) atoms. The first-order chi connectivity index (χ1) is 11.8. The highest BCUT2D eigenvalue weighted by Gasteiger charge is 2.21. The molecule has 4 heteroatoms. The van der Waals surface area contributed by atoms with E-state index in [2.05, 4.69) is 17.4 Å². The van der Waals surface area contributed by atoms with Gasteiger partial charge in [-0.15, -0.1) is 0 Å². The van der Waals surface area contributed by atoms with Gasteiger partial charge < -0.3 is 14.8 Å². The highest BCUT2D eigenvalue weighted by Crippen LogP contribution is 2.31. The Labute approximate surface area is 142 Å². The summed E-state index contributed by atoms with van der Waals surface area (Å²) in [7, 11) is 1.68. The number of fused-ring (bicyclic) bond motifs is 1. The molecule has 0 aliphatic carbocycles. The van der Waals surface area contributed by atoms with Gasteiger partial charge in [-0.25, -0.2) is 0 Å². The van der Waals surface area contributed by atoms with Crippen LogP contribution in [0.5, 0.6) is 5.75 Å². The van der Waals surface area contributed by atoms with E-state index >= 15 is 0 Å². The van der Waals surface area contributed by atoms with Crippen LogP contribution in [-0.2, 0) is 22.4 Å². The van der Waals surface area contributed by atoms with E-state index in [0.29, 0.717) is 19.6 Å². The van der Waals surface area contributed by atoms with E-state index < -0.39 is 0 Å². The topological polar surface area (TPSA) is 47.6 Å². The summed E-state index contributed by atoms with van der Waals surface area (Å²) in [6.07, 6.45) is 2.14. The van der Waals surface area contributed by atoms with Crippen LogP contribution in [0.25, 0.3) is 0 Å². The van der Waals surface area contributed by atoms with Crippen molar-refractivity contribution >= 4 is 5.91 Å². The van der Waals surface area contributed by atoms with Crippen LogP contribution < -0.4 is 10.1 Å². The minimum atomic E-state index is 0.0386. The lowest BCUT2D eigenvalue weighted by molar-refractivity contribution is -0.120. The highest BCUT2D eigenvalue weighted by atomic mass is 16.5. The predicted molar refractivity (Wildman–Crippen MR) is 93.2 cm³/mol.